The number of hydrogen-bond acceptors (Lipinski definition) is 5. The molecular formula is C38H36N4O2S. The summed E-state index contributed by atoms with van der Waals surface area (Å²) in [6, 6.07) is 34.2. The van der Waals surface area contributed by atoms with Gasteiger partial charge in [-0.05, 0) is 86.5 Å². The second-order valence-corrected chi connectivity index (χ2v) is 12.1. The Morgan fingerprint density at radius 1 is 0.867 bits per heavy atom. The van der Waals surface area contributed by atoms with Crippen LogP contribution in [0.2, 0.25) is 0 Å². The first kappa shape index (κ1) is 30.2. The maximum atomic E-state index is 14.0. The molecule has 1 aliphatic rings. The molecule has 4 aromatic carbocycles. The van der Waals surface area contributed by atoms with Crippen LogP contribution in [0.5, 0.6) is 5.75 Å². The summed E-state index contributed by atoms with van der Waals surface area (Å²) in [4.78, 5) is 15.1. The number of carbonyl (C=O) groups excluding carboxylic acids is 1. The molecule has 0 saturated heterocycles. The van der Waals surface area contributed by atoms with Gasteiger partial charge in [0.05, 0.1) is 35.0 Å². The lowest BCUT2D eigenvalue weighted by Gasteiger charge is -2.11. The van der Waals surface area contributed by atoms with Crippen molar-refractivity contribution in [2.24, 2.45) is 5.10 Å². The lowest BCUT2D eigenvalue weighted by Crippen LogP contribution is -2.21. The standard InChI is InChI=1S/C38H36N4O2S/c1-4-5-22-44-36-21-18-29(23-28(36)3)37-30(25-41(40-37)31-12-8-6-9-13-31)24-34-35(26-45-33-19-16-27(2)17-20-33)39-42(38(34)43)32-14-10-7-11-15-32/h6-21,23-25H,4-5,22,26H2,1-3H3/b34-24+. The molecule has 5 aromatic rings. The van der Waals surface area contributed by atoms with Crippen molar-refractivity contribution in [1.82, 2.24) is 9.78 Å². The summed E-state index contributed by atoms with van der Waals surface area (Å²) in [7, 11) is 0. The molecule has 0 spiro atoms. The van der Waals surface area contributed by atoms with Gasteiger partial charge >= 0.3 is 0 Å². The van der Waals surface area contributed by atoms with Crippen molar-refractivity contribution in [2.75, 3.05) is 17.4 Å². The summed E-state index contributed by atoms with van der Waals surface area (Å²) in [5, 5.41) is 11.4. The Morgan fingerprint density at radius 3 is 2.27 bits per heavy atom. The molecule has 1 amide bonds. The molecule has 7 heteroatoms. The summed E-state index contributed by atoms with van der Waals surface area (Å²) in [6.07, 6.45) is 6.03. The second kappa shape index (κ2) is 13.8. The Kier molecular flexibility index (Phi) is 9.27. The number of amides is 1. The highest BCUT2D eigenvalue weighted by atomic mass is 32.2. The molecule has 2 heterocycles. The number of hydrazone groups is 1. The van der Waals surface area contributed by atoms with Gasteiger partial charge in [0.15, 0.2) is 0 Å². The summed E-state index contributed by atoms with van der Waals surface area (Å²) < 4.78 is 7.90. The number of anilines is 1. The first-order valence-corrected chi connectivity index (χ1v) is 16.3. The van der Waals surface area contributed by atoms with Crippen LogP contribution in [0.15, 0.2) is 125 Å². The van der Waals surface area contributed by atoms with Crippen LogP contribution in [-0.2, 0) is 4.79 Å². The molecule has 0 aliphatic carbocycles. The summed E-state index contributed by atoms with van der Waals surface area (Å²) in [6.45, 7) is 6.99. The second-order valence-electron chi connectivity index (χ2n) is 11.1. The van der Waals surface area contributed by atoms with Crippen molar-refractivity contribution in [1.29, 1.82) is 0 Å². The quantitative estimate of drug-likeness (QED) is 0.0849. The minimum Gasteiger partial charge on any atom is -0.493 e. The topological polar surface area (TPSA) is 59.7 Å². The summed E-state index contributed by atoms with van der Waals surface area (Å²) in [5.41, 5.74) is 7.78. The van der Waals surface area contributed by atoms with E-state index in [4.69, 9.17) is 14.9 Å². The third-order valence-corrected chi connectivity index (χ3v) is 8.64. The number of carbonyl (C=O) groups is 1. The lowest BCUT2D eigenvalue weighted by molar-refractivity contribution is -0.114. The third kappa shape index (κ3) is 6.94. The zero-order valence-electron chi connectivity index (χ0n) is 25.8. The average Bonchev–Trinajstić information content (AvgIpc) is 3.63. The van der Waals surface area contributed by atoms with E-state index in [-0.39, 0.29) is 5.91 Å². The highest BCUT2D eigenvalue weighted by Crippen LogP contribution is 2.33. The average molecular weight is 613 g/mol. The predicted octanol–water partition coefficient (Wildman–Crippen LogP) is 8.91. The van der Waals surface area contributed by atoms with Gasteiger partial charge in [-0.1, -0.05) is 67.4 Å². The highest BCUT2D eigenvalue weighted by Gasteiger charge is 2.31. The zero-order valence-corrected chi connectivity index (χ0v) is 26.6. The van der Waals surface area contributed by atoms with Crippen molar-refractivity contribution in [2.45, 2.75) is 38.5 Å². The van der Waals surface area contributed by atoms with Crippen molar-refractivity contribution in [3.63, 3.8) is 0 Å². The molecule has 0 bridgehead atoms. The summed E-state index contributed by atoms with van der Waals surface area (Å²) >= 11 is 1.67. The van der Waals surface area contributed by atoms with Gasteiger partial charge in [-0.2, -0.15) is 15.2 Å². The van der Waals surface area contributed by atoms with Crippen LogP contribution in [0.1, 0.15) is 36.5 Å². The van der Waals surface area contributed by atoms with Crippen LogP contribution >= 0.6 is 11.8 Å². The number of hydrogen-bond donors (Lipinski definition) is 0. The minimum absolute atomic E-state index is 0.157. The molecular weight excluding hydrogens is 577 g/mol. The maximum absolute atomic E-state index is 14.0. The molecule has 6 rings (SSSR count). The van der Waals surface area contributed by atoms with Crippen LogP contribution in [0.4, 0.5) is 5.69 Å². The van der Waals surface area contributed by atoms with Crippen LogP contribution in [-0.4, -0.2) is 33.8 Å². The van der Waals surface area contributed by atoms with Gasteiger partial charge in [0.25, 0.3) is 5.91 Å². The van der Waals surface area contributed by atoms with E-state index in [0.29, 0.717) is 17.9 Å². The van der Waals surface area contributed by atoms with Crippen LogP contribution in [0.3, 0.4) is 0 Å². The molecule has 0 atom stereocenters. The van der Waals surface area contributed by atoms with Gasteiger partial charge in [-0.15, -0.1) is 11.8 Å². The number of aromatic nitrogens is 2. The van der Waals surface area contributed by atoms with Crippen LogP contribution in [0, 0.1) is 13.8 Å². The van der Waals surface area contributed by atoms with E-state index < -0.39 is 0 Å². The lowest BCUT2D eigenvalue weighted by atomic mass is 10.0. The van der Waals surface area contributed by atoms with Crippen molar-refractivity contribution >= 4 is 35.1 Å². The van der Waals surface area contributed by atoms with E-state index in [1.807, 2.05) is 89.8 Å². The smallest absolute Gasteiger partial charge is 0.280 e. The number of ether oxygens (including phenoxy) is 1. The number of aryl methyl sites for hydroxylation is 2. The molecule has 0 fully saturated rings. The Morgan fingerprint density at radius 2 is 1.58 bits per heavy atom. The van der Waals surface area contributed by atoms with E-state index in [0.717, 1.165) is 63.0 Å². The fraction of sp³-hybridized carbons (Fsp3) is 0.184. The van der Waals surface area contributed by atoms with E-state index in [9.17, 15) is 4.79 Å². The number of benzene rings is 4. The van der Waals surface area contributed by atoms with Gasteiger partial charge < -0.3 is 4.74 Å². The highest BCUT2D eigenvalue weighted by molar-refractivity contribution is 8.00. The maximum Gasteiger partial charge on any atom is 0.280 e. The molecule has 6 nitrogen and oxygen atoms in total. The Bertz CT molecular complexity index is 1840. The SMILES string of the molecule is CCCCOc1ccc(-c2nn(-c3ccccc3)cc2/C=C2/C(=O)N(c3ccccc3)N=C2CSc2ccc(C)cc2)cc1C. The number of thioether (sulfide) groups is 1. The number of rotatable bonds is 11. The van der Waals surface area contributed by atoms with Gasteiger partial charge in [0.2, 0.25) is 0 Å². The molecule has 1 aromatic heterocycles. The van der Waals surface area contributed by atoms with E-state index in [2.05, 4.69) is 51.1 Å². The third-order valence-electron chi connectivity index (χ3n) is 7.62. The summed E-state index contributed by atoms with van der Waals surface area (Å²) in [5.74, 6) is 1.27. The Labute approximate surface area is 269 Å². The molecule has 226 valence electrons. The fourth-order valence-corrected chi connectivity index (χ4v) is 5.96. The largest absolute Gasteiger partial charge is 0.493 e. The number of para-hydroxylation sites is 2. The monoisotopic (exact) mass is 612 g/mol. The van der Waals surface area contributed by atoms with Crippen LogP contribution in [0.25, 0.3) is 23.0 Å². The first-order valence-electron chi connectivity index (χ1n) is 15.3. The molecule has 0 saturated carbocycles. The van der Waals surface area contributed by atoms with Gasteiger partial charge in [-0.3, -0.25) is 4.79 Å². The van der Waals surface area contributed by atoms with E-state index >= 15 is 0 Å². The van der Waals surface area contributed by atoms with Crippen molar-refractivity contribution in [3.8, 4) is 22.7 Å². The number of unbranched alkanes of at least 4 members (excludes halogenated alkanes) is 1. The van der Waals surface area contributed by atoms with Crippen LogP contribution < -0.4 is 9.75 Å². The van der Waals surface area contributed by atoms with E-state index in [1.165, 1.54) is 10.6 Å². The fourth-order valence-electron chi connectivity index (χ4n) is 5.11. The normalized spacial score (nSPS) is 13.8. The van der Waals surface area contributed by atoms with Gasteiger partial charge in [0.1, 0.15) is 5.75 Å². The molecule has 1 aliphatic heterocycles. The molecule has 0 unspecified atom stereocenters. The Hall–Kier alpha value is -4.88. The Balaban J connectivity index is 1.41. The van der Waals surface area contributed by atoms with E-state index in [1.54, 1.807) is 11.8 Å². The first-order chi connectivity index (χ1) is 22.0. The van der Waals surface area contributed by atoms with Crippen molar-refractivity contribution in [3.05, 3.63) is 132 Å². The minimum atomic E-state index is -0.157. The molecule has 0 radical (unpaired) electrons. The number of nitrogens with zero attached hydrogens (tertiary/aromatic N) is 4. The molecule has 45 heavy (non-hydrogen) atoms. The zero-order chi connectivity index (χ0) is 31.2. The molecule has 0 N–H and O–H groups in total. The van der Waals surface area contributed by atoms with Crippen molar-refractivity contribution < 1.29 is 9.53 Å². The van der Waals surface area contributed by atoms with Gasteiger partial charge in [0, 0.05) is 28.0 Å². The van der Waals surface area contributed by atoms with Gasteiger partial charge in [-0.25, -0.2) is 4.68 Å². The predicted molar refractivity (Wildman–Crippen MR) is 185 cm³/mol.